The Bertz CT molecular complexity index is 1660. The molecule has 4 aromatic rings. The number of nitrogens with zero attached hydrogens (tertiary/aromatic N) is 3. The molecule has 0 amide bonds. The highest BCUT2D eigenvalue weighted by Gasteiger charge is 2.24. The molecule has 204 valence electrons. The zero-order chi connectivity index (χ0) is 28.2. The highest BCUT2D eigenvalue weighted by molar-refractivity contribution is 7.90. The van der Waals surface area contributed by atoms with Gasteiger partial charge in [-0.15, -0.1) is 0 Å². The zero-order valence-electron chi connectivity index (χ0n) is 21.3. The van der Waals surface area contributed by atoms with Crippen LogP contribution in [0.25, 0.3) is 11.3 Å². The van der Waals surface area contributed by atoms with E-state index in [0.717, 1.165) is 6.07 Å². The maximum atomic E-state index is 13.7. The molecule has 2 aromatic heterocycles. The maximum absolute atomic E-state index is 13.7. The monoisotopic (exact) mass is 557 g/mol. The van der Waals surface area contributed by atoms with Crippen LogP contribution in [0.3, 0.4) is 0 Å². The summed E-state index contributed by atoms with van der Waals surface area (Å²) in [6.45, 7) is 0.126. The van der Waals surface area contributed by atoms with Crippen LogP contribution in [0.15, 0.2) is 76.8 Å². The van der Waals surface area contributed by atoms with Crippen molar-refractivity contribution in [3.05, 3.63) is 94.0 Å². The number of rotatable bonds is 10. The average Bonchev–Trinajstić information content (AvgIpc) is 2.93. The van der Waals surface area contributed by atoms with Gasteiger partial charge in [0.05, 0.1) is 39.3 Å². The average molecular weight is 558 g/mol. The summed E-state index contributed by atoms with van der Waals surface area (Å²) in [5, 5.41) is -0.740. The molecule has 0 spiro atoms. The van der Waals surface area contributed by atoms with E-state index in [0.29, 0.717) is 28.4 Å². The van der Waals surface area contributed by atoms with Crippen molar-refractivity contribution in [3.8, 4) is 28.5 Å². The fourth-order valence-electron chi connectivity index (χ4n) is 3.87. The number of aromatic nitrogens is 3. The van der Waals surface area contributed by atoms with Crippen LogP contribution in [0.2, 0.25) is 0 Å². The van der Waals surface area contributed by atoms with E-state index in [1.807, 2.05) is 0 Å². The highest BCUT2D eigenvalue weighted by Crippen LogP contribution is 2.29. The normalized spacial score (nSPS) is 11.4. The fraction of sp³-hybridized carbons (Fsp3) is 0.222. The molecule has 2 aromatic carbocycles. The summed E-state index contributed by atoms with van der Waals surface area (Å²) in [6, 6.07) is 15.2. The van der Waals surface area contributed by atoms with E-state index in [1.165, 1.54) is 50.3 Å². The zero-order valence-corrected chi connectivity index (χ0v) is 22.1. The van der Waals surface area contributed by atoms with Crippen molar-refractivity contribution in [3.63, 3.8) is 0 Å². The standard InChI is InChI=1S/C27H25F2N3O6S/c1-36-20-6-4-5-18(11-20)16-39(34,35)27-30-21(13-22(31-27)26(28)29)19-8-10-25(33)32(15-19)14-17-7-9-23(37-2)24(12-17)38-3/h4-13,15,26H,14,16H2,1-3H3. The lowest BCUT2D eigenvalue weighted by atomic mass is 10.1. The van der Waals surface area contributed by atoms with Crippen LogP contribution in [0.4, 0.5) is 8.78 Å². The number of halogens is 2. The van der Waals surface area contributed by atoms with E-state index in [2.05, 4.69) is 9.97 Å². The number of hydrogen-bond donors (Lipinski definition) is 0. The number of hydrogen-bond acceptors (Lipinski definition) is 8. The maximum Gasteiger partial charge on any atom is 0.280 e. The second kappa shape index (κ2) is 11.6. The number of pyridine rings is 1. The van der Waals surface area contributed by atoms with Gasteiger partial charge < -0.3 is 18.8 Å². The molecule has 0 N–H and O–H groups in total. The van der Waals surface area contributed by atoms with E-state index in [9.17, 15) is 22.0 Å². The Labute approximate surface area is 223 Å². The molecule has 0 saturated heterocycles. The van der Waals surface area contributed by atoms with Crippen molar-refractivity contribution < 1.29 is 31.4 Å². The van der Waals surface area contributed by atoms with Crippen molar-refractivity contribution in [2.45, 2.75) is 23.9 Å². The van der Waals surface area contributed by atoms with Crippen LogP contribution in [0, 0.1) is 0 Å². The van der Waals surface area contributed by atoms with Crippen molar-refractivity contribution in [1.29, 1.82) is 0 Å². The van der Waals surface area contributed by atoms with Crippen LogP contribution < -0.4 is 19.8 Å². The molecular formula is C27H25F2N3O6S. The van der Waals surface area contributed by atoms with Gasteiger partial charge >= 0.3 is 0 Å². The molecule has 9 nitrogen and oxygen atoms in total. The molecule has 0 aliphatic rings. The van der Waals surface area contributed by atoms with Gasteiger partial charge in [0.1, 0.15) is 11.4 Å². The lowest BCUT2D eigenvalue weighted by Crippen LogP contribution is -2.19. The first kappa shape index (κ1) is 27.7. The molecule has 12 heteroatoms. The van der Waals surface area contributed by atoms with Crippen LogP contribution in [0.5, 0.6) is 17.2 Å². The SMILES string of the molecule is COc1cccc(CS(=O)(=O)c2nc(-c3ccc(=O)n(Cc4ccc(OC)c(OC)c4)c3)cc(C(F)F)n2)c1. The molecule has 0 saturated carbocycles. The van der Waals surface area contributed by atoms with Gasteiger partial charge in [-0.3, -0.25) is 4.79 Å². The Hall–Kier alpha value is -4.32. The molecule has 0 bridgehead atoms. The number of methoxy groups -OCH3 is 3. The summed E-state index contributed by atoms with van der Waals surface area (Å²) in [5.41, 5.74) is 0.182. The summed E-state index contributed by atoms with van der Waals surface area (Å²) < 4.78 is 70.8. The van der Waals surface area contributed by atoms with Crippen molar-refractivity contribution in [2.75, 3.05) is 21.3 Å². The van der Waals surface area contributed by atoms with Crippen LogP contribution in [-0.4, -0.2) is 44.3 Å². The Morgan fingerprint density at radius 2 is 1.64 bits per heavy atom. The van der Waals surface area contributed by atoms with Crippen molar-refractivity contribution >= 4 is 9.84 Å². The third-order valence-corrected chi connectivity index (χ3v) is 7.25. The minimum absolute atomic E-state index is 0.0643. The molecule has 0 unspecified atom stereocenters. The number of ether oxygens (including phenoxy) is 3. The van der Waals surface area contributed by atoms with Gasteiger partial charge in [0.25, 0.3) is 12.0 Å². The second-order valence-corrected chi connectivity index (χ2v) is 10.3. The van der Waals surface area contributed by atoms with Gasteiger partial charge in [0, 0.05) is 17.8 Å². The third kappa shape index (κ3) is 6.40. The lowest BCUT2D eigenvalue weighted by Gasteiger charge is -2.13. The Morgan fingerprint density at radius 1 is 0.872 bits per heavy atom. The van der Waals surface area contributed by atoms with E-state index >= 15 is 0 Å². The van der Waals surface area contributed by atoms with Gasteiger partial charge in [0.15, 0.2) is 11.5 Å². The smallest absolute Gasteiger partial charge is 0.280 e. The van der Waals surface area contributed by atoms with E-state index in [-0.39, 0.29) is 23.4 Å². The molecule has 2 heterocycles. The minimum Gasteiger partial charge on any atom is -0.497 e. The summed E-state index contributed by atoms with van der Waals surface area (Å²) in [5.74, 6) is 0.921. The van der Waals surface area contributed by atoms with Gasteiger partial charge in [-0.05, 0) is 47.5 Å². The predicted molar refractivity (Wildman–Crippen MR) is 139 cm³/mol. The summed E-state index contributed by atoms with van der Waals surface area (Å²) in [6.07, 6.45) is -1.62. The van der Waals surface area contributed by atoms with Crippen LogP contribution in [0.1, 0.15) is 23.2 Å². The van der Waals surface area contributed by atoms with Gasteiger partial charge in [-0.1, -0.05) is 18.2 Å². The molecule has 0 aliphatic carbocycles. The van der Waals surface area contributed by atoms with Crippen molar-refractivity contribution in [1.82, 2.24) is 14.5 Å². The summed E-state index contributed by atoms with van der Waals surface area (Å²) >= 11 is 0. The van der Waals surface area contributed by atoms with E-state index in [4.69, 9.17) is 14.2 Å². The third-order valence-electron chi connectivity index (χ3n) is 5.80. The fourth-order valence-corrected chi connectivity index (χ4v) is 5.10. The summed E-state index contributed by atoms with van der Waals surface area (Å²) in [4.78, 5) is 20.3. The van der Waals surface area contributed by atoms with Crippen LogP contribution in [-0.2, 0) is 22.1 Å². The van der Waals surface area contributed by atoms with E-state index in [1.54, 1.807) is 36.4 Å². The Kier molecular flexibility index (Phi) is 8.24. The Morgan fingerprint density at radius 3 is 2.33 bits per heavy atom. The molecule has 4 rings (SSSR count). The largest absolute Gasteiger partial charge is 0.497 e. The Balaban J connectivity index is 1.73. The molecule has 0 aliphatic heterocycles. The quantitative estimate of drug-likeness (QED) is 0.266. The first-order valence-corrected chi connectivity index (χ1v) is 13.2. The minimum atomic E-state index is -4.21. The topological polar surface area (TPSA) is 110 Å². The summed E-state index contributed by atoms with van der Waals surface area (Å²) in [7, 11) is 0.229. The number of benzene rings is 2. The first-order chi connectivity index (χ1) is 18.6. The lowest BCUT2D eigenvalue weighted by molar-refractivity contribution is 0.145. The molecule has 0 fully saturated rings. The van der Waals surface area contributed by atoms with Gasteiger partial charge in [-0.2, -0.15) is 0 Å². The second-order valence-electron chi connectivity index (χ2n) is 8.45. The highest BCUT2D eigenvalue weighted by atomic mass is 32.2. The van der Waals surface area contributed by atoms with Crippen LogP contribution >= 0.6 is 0 Å². The molecule has 39 heavy (non-hydrogen) atoms. The van der Waals surface area contributed by atoms with E-state index < -0.39 is 32.9 Å². The first-order valence-electron chi connectivity index (χ1n) is 11.6. The number of sulfone groups is 1. The molecule has 0 atom stereocenters. The molecular weight excluding hydrogens is 532 g/mol. The predicted octanol–water partition coefficient (Wildman–Crippen LogP) is 4.29. The molecule has 0 radical (unpaired) electrons. The van der Waals surface area contributed by atoms with Gasteiger partial charge in [0.2, 0.25) is 15.0 Å². The number of alkyl halides is 2. The van der Waals surface area contributed by atoms with Gasteiger partial charge in [-0.25, -0.2) is 27.2 Å². The van der Waals surface area contributed by atoms with Crippen molar-refractivity contribution in [2.24, 2.45) is 0 Å².